The first kappa shape index (κ1) is 6.99. The van der Waals surface area contributed by atoms with Gasteiger partial charge in [-0.2, -0.15) is 0 Å². The van der Waals surface area contributed by atoms with Crippen LogP contribution in [0.4, 0.5) is 0 Å². The number of nitrogens with two attached hydrogens (primary N) is 1. The second kappa shape index (κ2) is 3.15. The molecule has 0 radical (unpaired) electrons. The first-order valence-corrected chi connectivity index (χ1v) is 3.45. The minimum atomic E-state index is 0.517. The molecule has 1 fully saturated rings. The average Bonchev–Trinajstić information content (AvgIpc) is 1.88. The number of hydrogen-bond acceptors (Lipinski definition) is 3. The molecule has 1 heterocycles. The molecule has 1 aliphatic heterocycles. The lowest BCUT2D eigenvalue weighted by Crippen LogP contribution is -2.52. The van der Waals surface area contributed by atoms with Crippen molar-refractivity contribution in [1.82, 2.24) is 10.2 Å². The summed E-state index contributed by atoms with van der Waals surface area (Å²) >= 11 is 0. The number of piperazine rings is 1. The number of likely N-dealkylation sites (N-methyl/N-ethyl adjacent to an activating group) is 1. The SMILES string of the molecule is CN1CCN[C@@H](CN)C1. The minimum Gasteiger partial charge on any atom is -0.329 e. The zero-order valence-corrected chi connectivity index (χ0v) is 5.93. The van der Waals surface area contributed by atoms with Gasteiger partial charge in [0.25, 0.3) is 0 Å². The van der Waals surface area contributed by atoms with Crippen molar-refractivity contribution in [2.24, 2.45) is 5.73 Å². The maximum Gasteiger partial charge on any atom is 0.0318 e. The van der Waals surface area contributed by atoms with Gasteiger partial charge < -0.3 is 16.0 Å². The molecule has 0 aliphatic carbocycles. The van der Waals surface area contributed by atoms with Crippen LogP contribution in [0, 0.1) is 0 Å². The number of hydrogen-bond donors (Lipinski definition) is 2. The highest BCUT2D eigenvalue weighted by atomic mass is 15.2. The number of nitrogens with zero attached hydrogens (tertiary/aromatic N) is 1. The summed E-state index contributed by atoms with van der Waals surface area (Å²) in [6.07, 6.45) is 0. The van der Waals surface area contributed by atoms with Crippen LogP contribution in [0.3, 0.4) is 0 Å². The predicted octanol–water partition coefficient (Wildman–Crippen LogP) is -1.15. The Morgan fingerprint density at radius 1 is 1.78 bits per heavy atom. The molecule has 1 atom stereocenters. The van der Waals surface area contributed by atoms with Crippen LogP contribution in [0.5, 0.6) is 0 Å². The molecule has 0 aromatic carbocycles. The first-order chi connectivity index (χ1) is 4.33. The first-order valence-electron chi connectivity index (χ1n) is 3.45. The molecule has 0 aromatic rings. The van der Waals surface area contributed by atoms with Crippen molar-refractivity contribution in [1.29, 1.82) is 0 Å². The van der Waals surface area contributed by atoms with E-state index in [0.717, 1.165) is 26.2 Å². The largest absolute Gasteiger partial charge is 0.329 e. The van der Waals surface area contributed by atoms with Crippen LogP contribution in [-0.4, -0.2) is 44.2 Å². The Morgan fingerprint density at radius 2 is 2.56 bits per heavy atom. The molecule has 0 bridgehead atoms. The maximum atomic E-state index is 5.48. The van der Waals surface area contributed by atoms with E-state index < -0.39 is 0 Å². The summed E-state index contributed by atoms with van der Waals surface area (Å²) in [5, 5.41) is 3.33. The van der Waals surface area contributed by atoms with E-state index in [1.807, 2.05) is 0 Å². The average molecular weight is 129 g/mol. The van der Waals surface area contributed by atoms with Crippen molar-refractivity contribution < 1.29 is 0 Å². The summed E-state index contributed by atoms with van der Waals surface area (Å²) in [7, 11) is 2.13. The van der Waals surface area contributed by atoms with Crippen molar-refractivity contribution in [2.45, 2.75) is 6.04 Å². The van der Waals surface area contributed by atoms with Crippen LogP contribution >= 0.6 is 0 Å². The van der Waals surface area contributed by atoms with Gasteiger partial charge in [-0.1, -0.05) is 0 Å². The third-order valence-corrected chi connectivity index (χ3v) is 1.74. The standard InChI is InChI=1S/C6H15N3/c1-9-3-2-8-6(4-7)5-9/h6,8H,2-5,7H2,1H3/t6-/m0/s1. The quantitative estimate of drug-likeness (QED) is 0.469. The monoisotopic (exact) mass is 129 g/mol. The zero-order chi connectivity index (χ0) is 6.69. The van der Waals surface area contributed by atoms with Gasteiger partial charge in [0, 0.05) is 32.2 Å². The summed E-state index contributed by atoms with van der Waals surface area (Å²) in [6.45, 7) is 4.08. The molecule has 0 aromatic heterocycles. The van der Waals surface area contributed by atoms with Crippen LogP contribution in [0.2, 0.25) is 0 Å². The van der Waals surface area contributed by atoms with Gasteiger partial charge in [-0.05, 0) is 7.05 Å². The van der Waals surface area contributed by atoms with Crippen LogP contribution in [-0.2, 0) is 0 Å². The molecule has 3 heteroatoms. The molecule has 1 saturated heterocycles. The van der Waals surface area contributed by atoms with Crippen molar-refractivity contribution in [3.8, 4) is 0 Å². The highest BCUT2D eigenvalue weighted by molar-refractivity contribution is 4.76. The van der Waals surface area contributed by atoms with Gasteiger partial charge in [-0.3, -0.25) is 0 Å². The third-order valence-electron chi connectivity index (χ3n) is 1.74. The second-order valence-corrected chi connectivity index (χ2v) is 2.65. The topological polar surface area (TPSA) is 41.3 Å². The van der Waals surface area contributed by atoms with E-state index in [1.54, 1.807) is 0 Å². The number of rotatable bonds is 1. The predicted molar refractivity (Wildman–Crippen MR) is 38.3 cm³/mol. The zero-order valence-electron chi connectivity index (χ0n) is 5.93. The highest BCUT2D eigenvalue weighted by Crippen LogP contribution is 1.92. The van der Waals surface area contributed by atoms with Crippen LogP contribution in [0.15, 0.2) is 0 Å². The smallest absolute Gasteiger partial charge is 0.0318 e. The Kier molecular flexibility index (Phi) is 2.45. The Labute approximate surface area is 56.2 Å². The Balaban J connectivity index is 2.23. The lowest BCUT2D eigenvalue weighted by molar-refractivity contribution is 0.242. The molecule has 0 amide bonds. The van der Waals surface area contributed by atoms with Gasteiger partial charge in [0.2, 0.25) is 0 Å². The molecule has 9 heavy (non-hydrogen) atoms. The normalized spacial score (nSPS) is 30.7. The van der Waals surface area contributed by atoms with Gasteiger partial charge in [0.15, 0.2) is 0 Å². The van der Waals surface area contributed by atoms with E-state index in [-0.39, 0.29) is 0 Å². The summed E-state index contributed by atoms with van der Waals surface area (Å²) < 4.78 is 0. The van der Waals surface area contributed by atoms with E-state index in [9.17, 15) is 0 Å². The Bertz CT molecular complexity index is 84.4. The van der Waals surface area contributed by atoms with Gasteiger partial charge in [0.1, 0.15) is 0 Å². The summed E-state index contributed by atoms with van der Waals surface area (Å²) in [5.74, 6) is 0. The van der Waals surface area contributed by atoms with Crippen LogP contribution in [0.1, 0.15) is 0 Å². The minimum absolute atomic E-state index is 0.517. The third kappa shape index (κ3) is 1.93. The number of nitrogens with one attached hydrogen (secondary N) is 1. The van der Waals surface area contributed by atoms with Crippen molar-refractivity contribution in [3.63, 3.8) is 0 Å². The van der Waals surface area contributed by atoms with Gasteiger partial charge >= 0.3 is 0 Å². The van der Waals surface area contributed by atoms with E-state index in [2.05, 4.69) is 17.3 Å². The van der Waals surface area contributed by atoms with E-state index >= 15 is 0 Å². The van der Waals surface area contributed by atoms with Gasteiger partial charge in [-0.25, -0.2) is 0 Å². The van der Waals surface area contributed by atoms with Crippen LogP contribution in [0.25, 0.3) is 0 Å². The van der Waals surface area contributed by atoms with E-state index in [1.165, 1.54) is 0 Å². The van der Waals surface area contributed by atoms with Crippen molar-refractivity contribution in [3.05, 3.63) is 0 Å². The highest BCUT2D eigenvalue weighted by Gasteiger charge is 2.13. The molecule has 0 unspecified atom stereocenters. The van der Waals surface area contributed by atoms with Crippen LogP contribution < -0.4 is 11.1 Å². The molecule has 1 rings (SSSR count). The molecular weight excluding hydrogens is 114 g/mol. The van der Waals surface area contributed by atoms with E-state index in [4.69, 9.17) is 5.73 Å². The lowest BCUT2D eigenvalue weighted by Gasteiger charge is -2.29. The van der Waals surface area contributed by atoms with Crippen molar-refractivity contribution >= 4 is 0 Å². The molecule has 0 saturated carbocycles. The molecule has 3 N–H and O–H groups in total. The lowest BCUT2D eigenvalue weighted by atomic mass is 10.2. The second-order valence-electron chi connectivity index (χ2n) is 2.65. The van der Waals surface area contributed by atoms with Crippen molar-refractivity contribution in [2.75, 3.05) is 33.2 Å². The molecule has 1 aliphatic rings. The Morgan fingerprint density at radius 3 is 3.00 bits per heavy atom. The summed E-state index contributed by atoms with van der Waals surface area (Å²) in [4.78, 5) is 2.30. The van der Waals surface area contributed by atoms with Gasteiger partial charge in [0.05, 0.1) is 0 Å². The summed E-state index contributed by atoms with van der Waals surface area (Å²) in [6, 6.07) is 0.517. The fourth-order valence-corrected chi connectivity index (χ4v) is 1.15. The van der Waals surface area contributed by atoms with E-state index in [0.29, 0.717) is 6.04 Å². The Hall–Kier alpha value is -0.120. The van der Waals surface area contributed by atoms with Gasteiger partial charge in [-0.15, -0.1) is 0 Å². The fraction of sp³-hybridized carbons (Fsp3) is 1.00. The molecule has 0 spiro atoms. The molecule has 54 valence electrons. The molecule has 3 nitrogen and oxygen atoms in total. The fourth-order valence-electron chi connectivity index (χ4n) is 1.15. The maximum absolute atomic E-state index is 5.48. The summed E-state index contributed by atoms with van der Waals surface area (Å²) in [5.41, 5.74) is 5.48. The molecular formula is C6H15N3.